The van der Waals surface area contributed by atoms with Gasteiger partial charge in [0, 0.05) is 37.4 Å². The molecule has 3 heterocycles. The van der Waals surface area contributed by atoms with E-state index in [1.807, 2.05) is 0 Å². The molecule has 7 nitrogen and oxygen atoms in total. The fourth-order valence-electron chi connectivity index (χ4n) is 3.97. The van der Waals surface area contributed by atoms with Crippen LogP contribution in [0.2, 0.25) is 0 Å². The minimum atomic E-state index is -4.54. The van der Waals surface area contributed by atoms with Gasteiger partial charge >= 0.3 is 17.9 Å². The highest BCUT2D eigenvalue weighted by atomic mass is 32.1. The largest absolute Gasteiger partial charge is 0.390 e. The molecule has 0 bridgehead atoms. The van der Waals surface area contributed by atoms with Crippen LogP contribution in [-0.2, 0) is 13.1 Å². The van der Waals surface area contributed by atoms with Crippen molar-refractivity contribution in [2.24, 2.45) is 0 Å². The molecule has 2 aromatic rings. The first-order valence-electron chi connectivity index (χ1n) is 9.62. The third-order valence-corrected chi connectivity index (χ3v) is 6.97. The van der Waals surface area contributed by atoms with Gasteiger partial charge in [-0.25, -0.2) is 18.4 Å². The molecule has 1 aliphatic carbocycles. The van der Waals surface area contributed by atoms with Crippen LogP contribution in [0, 0.1) is 6.92 Å². The van der Waals surface area contributed by atoms with Crippen molar-refractivity contribution in [2.75, 3.05) is 13.1 Å². The number of hydrogen-bond donors (Lipinski definition) is 1. The van der Waals surface area contributed by atoms with Crippen LogP contribution in [0.4, 0.5) is 26.7 Å². The fraction of sp³-hybridized carbons (Fsp3) is 0.611. The van der Waals surface area contributed by atoms with Crippen molar-refractivity contribution in [3.8, 4) is 0 Å². The Labute approximate surface area is 176 Å². The predicted octanol–water partition coefficient (Wildman–Crippen LogP) is 2.98. The topological polar surface area (TPSA) is 76.3 Å². The predicted molar refractivity (Wildman–Crippen MR) is 103 cm³/mol. The zero-order chi connectivity index (χ0) is 22.7. The lowest BCUT2D eigenvalue weighted by molar-refractivity contribution is -0.136. The van der Waals surface area contributed by atoms with Gasteiger partial charge in [0.15, 0.2) is 0 Å². The highest BCUT2D eigenvalue weighted by Crippen LogP contribution is 2.44. The van der Waals surface area contributed by atoms with Gasteiger partial charge in [-0.15, -0.1) is 11.3 Å². The molecule has 2 aromatic heterocycles. The number of carbonyl (C=O) groups is 1. The molecule has 0 radical (unpaired) electrons. The Bertz CT molecular complexity index is 1160. The van der Waals surface area contributed by atoms with Crippen LogP contribution in [-0.4, -0.2) is 45.3 Å². The van der Waals surface area contributed by atoms with Crippen molar-refractivity contribution < 1.29 is 26.7 Å². The maximum absolute atomic E-state index is 13.4. The van der Waals surface area contributed by atoms with Gasteiger partial charge in [0.25, 0.3) is 11.5 Å². The van der Waals surface area contributed by atoms with Crippen LogP contribution in [0.15, 0.2) is 9.59 Å². The maximum Gasteiger partial charge on any atom is 0.390 e. The van der Waals surface area contributed by atoms with E-state index in [1.54, 1.807) is 6.92 Å². The first-order valence-corrected chi connectivity index (χ1v) is 10.4. The summed E-state index contributed by atoms with van der Waals surface area (Å²) < 4.78 is 66.9. The molecule has 170 valence electrons. The second-order valence-electron chi connectivity index (χ2n) is 7.88. The number of aryl methyl sites for hydroxylation is 2. The Hall–Kier alpha value is -2.44. The quantitative estimate of drug-likeness (QED) is 0.689. The van der Waals surface area contributed by atoms with Gasteiger partial charge in [0.1, 0.15) is 4.83 Å². The Kier molecular flexibility index (Phi) is 5.14. The number of nitrogens with zero attached hydrogens (tertiary/aromatic N) is 3. The summed E-state index contributed by atoms with van der Waals surface area (Å²) in [6.45, 7) is 1.86. The molecular weight excluding hydrogens is 447 g/mol. The number of thiophene rings is 1. The fourth-order valence-corrected chi connectivity index (χ4v) is 5.30. The summed E-state index contributed by atoms with van der Waals surface area (Å²) in [5.41, 5.74) is -1.37. The molecule has 1 N–H and O–H groups in total. The van der Waals surface area contributed by atoms with E-state index in [9.17, 15) is 36.3 Å². The number of hydrogen-bond acceptors (Lipinski definition) is 4. The molecule has 1 saturated heterocycles. The number of alkyl halides is 5. The molecule has 1 aliphatic heterocycles. The molecule has 2 amide bonds. The van der Waals surface area contributed by atoms with Crippen molar-refractivity contribution in [2.45, 2.75) is 57.4 Å². The minimum absolute atomic E-state index is 0.0385. The lowest BCUT2D eigenvalue weighted by atomic mass is 9.88. The summed E-state index contributed by atoms with van der Waals surface area (Å²) in [6, 6.07) is -1.37. The van der Waals surface area contributed by atoms with E-state index >= 15 is 0 Å². The van der Waals surface area contributed by atoms with Gasteiger partial charge in [-0.05, 0) is 12.5 Å². The monoisotopic (exact) mass is 466 g/mol. The first kappa shape index (κ1) is 21.8. The number of halogens is 5. The highest BCUT2D eigenvalue weighted by Gasteiger charge is 2.48. The molecule has 2 aliphatic rings. The number of urea groups is 1. The lowest BCUT2D eigenvalue weighted by Gasteiger charge is -2.35. The number of rotatable bonds is 5. The molecule has 31 heavy (non-hydrogen) atoms. The van der Waals surface area contributed by atoms with Crippen LogP contribution in [0.5, 0.6) is 0 Å². The minimum Gasteiger partial charge on any atom is -0.336 e. The zero-order valence-corrected chi connectivity index (χ0v) is 17.2. The highest BCUT2D eigenvalue weighted by molar-refractivity contribution is 7.18. The van der Waals surface area contributed by atoms with E-state index in [0.29, 0.717) is 28.1 Å². The second-order valence-corrected chi connectivity index (χ2v) is 8.96. The smallest absolute Gasteiger partial charge is 0.336 e. The average molecular weight is 466 g/mol. The van der Waals surface area contributed by atoms with E-state index in [2.05, 4.69) is 5.32 Å². The van der Waals surface area contributed by atoms with Gasteiger partial charge < -0.3 is 10.2 Å². The van der Waals surface area contributed by atoms with Crippen molar-refractivity contribution >= 4 is 27.6 Å². The summed E-state index contributed by atoms with van der Waals surface area (Å²) in [6.07, 6.45) is -7.27. The van der Waals surface area contributed by atoms with Gasteiger partial charge in [-0.3, -0.25) is 13.9 Å². The molecule has 13 heteroatoms. The zero-order valence-electron chi connectivity index (χ0n) is 16.4. The van der Waals surface area contributed by atoms with Gasteiger partial charge in [0.2, 0.25) is 0 Å². The number of amides is 2. The van der Waals surface area contributed by atoms with Gasteiger partial charge in [0.05, 0.1) is 24.4 Å². The van der Waals surface area contributed by atoms with Crippen LogP contribution in [0.25, 0.3) is 10.2 Å². The Morgan fingerprint density at radius 2 is 1.87 bits per heavy atom. The third-order valence-electron chi connectivity index (χ3n) is 5.67. The van der Waals surface area contributed by atoms with E-state index in [1.165, 1.54) is 4.90 Å². The number of aromatic nitrogens is 2. The van der Waals surface area contributed by atoms with Crippen LogP contribution in [0.1, 0.15) is 35.7 Å². The molecule has 0 atom stereocenters. The van der Waals surface area contributed by atoms with Crippen LogP contribution in [0.3, 0.4) is 0 Å². The molecular formula is C18H19F5N4O3S. The Morgan fingerprint density at radius 1 is 1.19 bits per heavy atom. The van der Waals surface area contributed by atoms with E-state index in [-0.39, 0.29) is 22.8 Å². The maximum atomic E-state index is 13.4. The second kappa shape index (κ2) is 7.31. The summed E-state index contributed by atoms with van der Waals surface area (Å²) in [5.74, 6) is -3.01. The summed E-state index contributed by atoms with van der Waals surface area (Å²) in [4.78, 5) is 40.0. The molecule has 0 spiro atoms. The van der Waals surface area contributed by atoms with Crippen molar-refractivity contribution in [1.82, 2.24) is 19.4 Å². The van der Waals surface area contributed by atoms with Crippen molar-refractivity contribution in [3.05, 3.63) is 31.3 Å². The van der Waals surface area contributed by atoms with Gasteiger partial charge in [-0.1, -0.05) is 0 Å². The normalized spacial score (nSPS) is 19.2. The van der Waals surface area contributed by atoms with E-state index in [4.69, 9.17) is 0 Å². The molecule has 2 fully saturated rings. The Morgan fingerprint density at radius 3 is 2.42 bits per heavy atom. The van der Waals surface area contributed by atoms with Crippen LogP contribution >= 0.6 is 11.3 Å². The lowest BCUT2D eigenvalue weighted by Crippen LogP contribution is -2.49. The molecule has 1 saturated carbocycles. The molecule has 0 aromatic carbocycles. The van der Waals surface area contributed by atoms with Crippen LogP contribution < -0.4 is 16.6 Å². The van der Waals surface area contributed by atoms with Crippen molar-refractivity contribution in [1.29, 1.82) is 0 Å². The van der Waals surface area contributed by atoms with E-state index < -0.39 is 55.2 Å². The summed E-state index contributed by atoms with van der Waals surface area (Å²) in [5, 5.41) is 2.67. The first-order chi connectivity index (χ1) is 14.4. The average Bonchev–Trinajstić information content (AvgIpc) is 3.16. The summed E-state index contributed by atoms with van der Waals surface area (Å²) >= 11 is 0.977. The number of nitrogens with one attached hydrogen (secondary N) is 1. The SMILES string of the molecule is Cc1c(CN2CCNC2=O)sc2c1c(=O)n(C1CC(F)(F)C1)c(=O)n2CCC(F)(F)F. The third kappa shape index (κ3) is 3.94. The number of fused-ring (bicyclic) bond motifs is 1. The number of carbonyl (C=O) groups excluding carboxylic acids is 1. The Balaban J connectivity index is 1.85. The summed E-state index contributed by atoms with van der Waals surface area (Å²) in [7, 11) is 0. The van der Waals surface area contributed by atoms with E-state index in [0.717, 1.165) is 15.9 Å². The van der Waals surface area contributed by atoms with Gasteiger partial charge in [-0.2, -0.15) is 13.2 Å². The molecule has 0 unspecified atom stereocenters. The molecule has 4 rings (SSSR count). The standard InChI is InChI=1S/C18H19F5N4O3S/c1-9-11(8-25-5-3-24-15(25)29)31-14-12(9)13(28)27(10-6-17(19,20)7-10)16(30)26(14)4-2-18(21,22)23/h10H,2-8H2,1H3,(H,24,29). The van der Waals surface area contributed by atoms with Crippen molar-refractivity contribution in [3.63, 3.8) is 0 Å².